The Morgan fingerprint density at radius 3 is 2.56 bits per heavy atom. The van der Waals surface area contributed by atoms with Gasteiger partial charge in [0.1, 0.15) is 6.10 Å². The minimum absolute atomic E-state index is 0.0383. The van der Waals surface area contributed by atoms with E-state index in [2.05, 4.69) is 0 Å². The lowest BCUT2D eigenvalue weighted by molar-refractivity contribution is -0.0857. The van der Waals surface area contributed by atoms with Crippen molar-refractivity contribution in [3.63, 3.8) is 0 Å². The van der Waals surface area contributed by atoms with E-state index >= 15 is 0 Å². The first-order valence-corrected chi connectivity index (χ1v) is 5.63. The fourth-order valence-electron chi connectivity index (χ4n) is 1.73. The van der Waals surface area contributed by atoms with Crippen LogP contribution in [0.15, 0.2) is 18.2 Å². The molecule has 0 aromatic heterocycles. The predicted octanol–water partition coefficient (Wildman–Crippen LogP) is 4.34. The fourth-order valence-corrected chi connectivity index (χ4v) is 2.24. The van der Waals surface area contributed by atoms with Gasteiger partial charge >= 0.3 is 0 Å². The zero-order valence-electron chi connectivity index (χ0n) is 8.51. The standard InChI is InChI=1S/C11H10Cl2F2O/c1-6-5-16-10(11(6,14)15)8-3-2-7(12)4-9(8)13/h2-4,6,10H,5H2,1H3/t6-,10+/m1/s1. The largest absolute Gasteiger partial charge is 0.367 e. The van der Waals surface area contributed by atoms with E-state index in [1.54, 1.807) is 0 Å². The fraction of sp³-hybridized carbons (Fsp3) is 0.455. The summed E-state index contributed by atoms with van der Waals surface area (Å²) in [6, 6.07) is 4.47. The highest BCUT2D eigenvalue weighted by Crippen LogP contribution is 2.47. The number of alkyl halides is 2. The van der Waals surface area contributed by atoms with Crippen LogP contribution in [0, 0.1) is 5.92 Å². The lowest BCUT2D eigenvalue weighted by atomic mass is 9.97. The number of hydrogen-bond acceptors (Lipinski definition) is 1. The van der Waals surface area contributed by atoms with E-state index < -0.39 is 17.9 Å². The number of halogens is 4. The molecule has 2 atom stereocenters. The van der Waals surface area contributed by atoms with Crippen molar-refractivity contribution in [3.05, 3.63) is 33.8 Å². The molecular weight excluding hydrogens is 257 g/mol. The third-order valence-corrected chi connectivity index (χ3v) is 3.33. The zero-order chi connectivity index (χ0) is 11.9. The first-order chi connectivity index (χ1) is 7.43. The summed E-state index contributed by atoms with van der Waals surface area (Å²) in [4.78, 5) is 0. The molecule has 0 N–H and O–H groups in total. The first-order valence-electron chi connectivity index (χ1n) is 4.87. The van der Waals surface area contributed by atoms with Crippen molar-refractivity contribution in [2.24, 2.45) is 5.92 Å². The van der Waals surface area contributed by atoms with E-state index in [0.29, 0.717) is 10.6 Å². The summed E-state index contributed by atoms with van der Waals surface area (Å²) in [6.45, 7) is 1.50. The van der Waals surface area contributed by atoms with Crippen molar-refractivity contribution >= 4 is 23.2 Å². The van der Waals surface area contributed by atoms with E-state index in [4.69, 9.17) is 27.9 Å². The number of ether oxygens (including phenoxy) is 1. The molecule has 1 saturated heterocycles. The molecule has 2 rings (SSSR count). The minimum atomic E-state index is -2.89. The van der Waals surface area contributed by atoms with Crippen molar-refractivity contribution in [1.82, 2.24) is 0 Å². The molecule has 0 spiro atoms. The SMILES string of the molecule is C[C@@H]1CO[C@@H](c2ccc(Cl)cc2Cl)C1(F)F. The van der Waals surface area contributed by atoms with Crippen LogP contribution in [-0.4, -0.2) is 12.5 Å². The molecule has 0 bridgehead atoms. The third-order valence-electron chi connectivity index (χ3n) is 2.76. The van der Waals surface area contributed by atoms with Gasteiger partial charge < -0.3 is 4.74 Å². The summed E-state index contributed by atoms with van der Waals surface area (Å²) >= 11 is 11.6. The van der Waals surface area contributed by atoms with Gasteiger partial charge in [0.15, 0.2) is 0 Å². The summed E-state index contributed by atoms with van der Waals surface area (Å²) in [6.07, 6.45) is -1.27. The third kappa shape index (κ3) is 1.92. The molecule has 1 nitrogen and oxygen atoms in total. The zero-order valence-corrected chi connectivity index (χ0v) is 10.0. The molecule has 0 aliphatic carbocycles. The van der Waals surface area contributed by atoms with Crippen molar-refractivity contribution in [2.75, 3.05) is 6.61 Å². The topological polar surface area (TPSA) is 9.23 Å². The molecule has 16 heavy (non-hydrogen) atoms. The van der Waals surface area contributed by atoms with Crippen LogP contribution in [0.4, 0.5) is 8.78 Å². The molecule has 1 aromatic rings. The quantitative estimate of drug-likeness (QED) is 0.735. The van der Waals surface area contributed by atoms with Gasteiger partial charge in [-0.1, -0.05) is 36.2 Å². The van der Waals surface area contributed by atoms with E-state index in [1.165, 1.54) is 25.1 Å². The smallest absolute Gasteiger partial charge is 0.282 e. The highest BCUT2D eigenvalue weighted by Gasteiger charge is 2.52. The Labute approximate surface area is 102 Å². The van der Waals surface area contributed by atoms with Crippen LogP contribution in [0.25, 0.3) is 0 Å². The summed E-state index contributed by atoms with van der Waals surface area (Å²) in [5.41, 5.74) is 0.292. The van der Waals surface area contributed by atoms with Gasteiger partial charge in [0.05, 0.1) is 6.61 Å². The average Bonchev–Trinajstić information content (AvgIpc) is 2.44. The Morgan fingerprint density at radius 2 is 2.06 bits per heavy atom. The molecule has 1 aromatic carbocycles. The second-order valence-corrected chi connectivity index (χ2v) is 4.80. The van der Waals surface area contributed by atoms with Crippen LogP contribution >= 0.6 is 23.2 Å². The molecule has 1 aliphatic rings. The van der Waals surface area contributed by atoms with E-state index in [0.717, 1.165) is 0 Å². The highest BCUT2D eigenvalue weighted by atomic mass is 35.5. The van der Waals surface area contributed by atoms with Crippen molar-refractivity contribution in [3.8, 4) is 0 Å². The van der Waals surface area contributed by atoms with E-state index in [1.807, 2.05) is 0 Å². The van der Waals surface area contributed by atoms with Gasteiger partial charge in [0.2, 0.25) is 0 Å². The van der Waals surface area contributed by atoms with Gasteiger partial charge in [-0.05, 0) is 12.1 Å². The maximum atomic E-state index is 13.8. The molecule has 5 heteroatoms. The second kappa shape index (κ2) is 4.13. The lowest BCUT2D eigenvalue weighted by Crippen LogP contribution is -2.27. The predicted molar refractivity (Wildman–Crippen MR) is 59.3 cm³/mol. The van der Waals surface area contributed by atoms with Crippen LogP contribution in [0.5, 0.6) is 0 Å². The van der Waals surface area contributed by atoms with Crippen LogP contribution in [0.2, 0.25) is 10.0 Å². The maximum Gasteiger partial charge on any atom is 0.282 e. The summed E-state index contributed by atoms with van der Waals surface area (Å²) in [5.74, 6) is -3.69. The van der Waals surface area contributed by atoms with Crippen molar-refractivity contribution < 1.29 is 13.5 Å². The van der Waals surface area contributed by atoms with Crippen LogP contribution in [0.3, 0.4) is 0 Å². The van der Waals surface area contributed by atoms with Crippen LogP contribution in [-0.2, 0) is 4.74 Å². The Morgan fingerprint density at radius 1 is 1.38 bits per heavy atom. The summed E-state index contributed by atoms with van der Waals surface area (Å²) < 4.78 is 32.6. The molecule has 0 amide bonds. The van der Waals surface area contributed by atoms with Gasteiger partial charge in [0, 0.05) is 21.5 Å². The van der Waals surface area contributed by atoms with Crippen LogP contribution < -0.4 is 0 Å². The first kappa shape index (κ1) is 12.1. The highest BCUT2D eigenvalue weighted by molar-refractivity contribution is 6.35. The Hall–Kier alpha value is -0.380. The Balaban J connectivity index is 2.38. The van der Waals surface area contributed by atoms with Gasteiger partial charge in [0.25, 0.3) is 5.92 Å². The van der Waals surface area contributed by atoms with E-state index in [9.17, 15) is 8.78 Å². The minimum Gasteiger partial charge on any atom is -0.367 e. The molecule has 0 unspecified atom stereocenters. The molecule has 0 radical (unpaired) electrons. The molecule has 88 valence electrons. The molecular formula is C11H10Cl2F2O. The van der Waals surface area contributed by atoms with Gasteiger partial charge in [-0.15, -0.1) is 0 Å². The number of benzene rings is 1. The average molecular weight is 267 g/mol. The molecule has 1 fully saturated rings. The summed E-state index contributed by atoms with van der Waals surface area (Å²) in [5, 5.41) is 0.634. The Bertz CT molecular complexity index is 409. The normalized spacial score (nSPS) is 28.3. The maximum absolute atomic E-state index is 13.8. The van der Waals surface area contributed by atoms with Crippen LogP contribution in [0.1, 0.15) is 18.6 Å². The molecule has 0 saturated carbocycles. The Kier molecular flexibility index (Phi) is 3.12. The number of rotatable bonds is 1. The number of hydrogen-bond donors (Lipinski definition) is 0. The lowest BCUT2D eigenvalue weighted by Gasteiger charge is -2.21. The monoisotopic (exact) mass is 266 g/mol. The van der Waals surface area contributed by atoms with Gasteiger partial charge in [-0.2, -0.15) is 0 Å². The van der Waals surface area contributed by atoms with Gasteiger partial charge in [-0.25, -0.2) is 8.78 Å². The van der Waals surface area contributed by atoms with Crippen molar-refractivity contribution in [2.45, 2.75) is 19.0 Å². The van der Waals surface area contributed by atoms with E-state index in [-0.39, 0.29) is 11.6 Å². The molecule has 1 aliphatic heterocycles. The molecule has 1 heterocycles. The second-order valence-electron chi connectivity index (χ2n) is 3.95. The van der Waals surface area contributed by atoms with Gasteiger partial charge in [-0.3, -0.25) is 0 Å². The van der Waals surface area contributed by atoms with Crippen molar-refractivity contribution in [1.29, 1.82) is 0 Å². The summed E-state index contributed by atoms with van der Waals surface area (Å²) in [7, 11) is 0.